The fraction of sp³-hybridized carbons (Fsp3) is 0.730. The molecule has 2 aromatic heterocycles. The number of aromatic nitrogens is 4. The number of nitrogens with one attached hydrogen (secondary N) is 2. The van der Waals surface area contributed by atoms with E-state index in [1.807, 2.05) is 48.5 Å². The van der Waals surface area contributed by atoms with E-state index in [2.05, 4.69) is 24.3 Å². The average Bonchev–Trinajstić information content (AvgIpc) is 3.77. The highest BCUT2D eigenvalue weighted by atomic mass is 31.2. The van der Waals surface area contributed by atoms with Crippen molar-refractivity contribution in [2.24, 2.45) is 0 Å². The number of nitrogens with zero attached hydrogens (tertiary/aromatic N) is 5. The Bertz CT molecular complexity index is 2060. The van der Waals surface area contributed by atoms with Gasteiger partial charge < -0.3 is 28.2 Å². The molecule has 2 aromatic rings. The van der Waals surface area contributed by atoms with Gasteiger partial charge in [-0.25, -0.2) is 32.0 Å². The molecule has 322 valence electrons. The molecule has 4 rings (SSSR count). The van der Waals surface area contributed by atoms with Crippen LogP contribution in [-0.4, -0.2) is 92.2 Å². The number of aryl methyl sites for hydroxylation is 2. The summed E-state index contributed by atoms with van der Waals surface area (Å²) in [4.78, 5) is 61.8. The zero-order valence-electron chi connectivity index (χ0n) is 34.7. The Labute approximate surface area is 339 Å². The molecule has 4 heterocycles. The second-order valence-corrected chi connectivity index (χ2v) is 17.8. The second kappa shape index (κ2) is 20.8. The Balaban J connectivity index is 1.78. The molecular weight excluding hydrogens is 796 g/mol. The van der Waals surface area contributed by atoms with E-state index in [0.717, 1.165) is 0 Å². The number of ether oxygens (including phenoxy) is 2. The van der Waals surface area contributed by atoms with Gasteiger partial charge in [0.15, 0.2) is 0 Å². The number of phosphoric ester groups is 1. The first-order valence-electron chi connectivity index (χ1n) is 19.6. The summed E-state index contributed by atoms with van der Waals surface area (Å²) in [5.74, 6) is 0. The van der Waals surface area contributed by atoms with Gasteiger partial charge in [0.05, 0.1) is 18.3 Å². The highest BCUT2D eigenvalue weighted by molar-refractivity contribution is 7.48. The third-order valence-corrected chi connectivity index (χ3v) is 13.9. The van der Waals surface area contributed by atoms with E-state index in [4.69, 9.17) is 45.2 Å². The van der Waals surface area contributed by atoms with Crippen LogP contribution < -0.4 is 22.5 Å². The molecule has 2 aliphatic rings. The number of H-pyrrole nitrogens is 2. The molecule has 21 heteroatoms. The highest BCUT2D eigenvalue weighted by Crippen LogP contribution is 2.60. The van der Waals surface area contributed by atoms with Crippen LogP contribution in [0.15, 0.2) is 31.6 Å². The van der Waals surface area contributed by atoms with Crippen LogP contribution in [0.2, 0.25) is 0 Å². The molecular formula is C37H57N7O12P2. The summed E-state index contributed by atoms with van der Waals surface area (Å²) < 4.78 is 64.5. The third-order valence-electron chi connectivity index (χ3n) is 10.2. The summed E-state index contributed by atoms with van der Waals surface area (Å²) in [7, 11) is -6.48. The van der Waals surface area contributed by atoms with Crippen LogP contribution in [0.3, 0.4) is 0 Å². The lowest BCUT2D eigenvalue weighted by Crippen LogP contribution is -2.49. The van der Waals surface area contributed by atoms with Crippen molar-refractivity contribution in [3.05, 3.63) is 88.0 Å². The number of hydrogen-bond donors (Lipinski definition) is 2. The molecule has 2 fully saturated rings. The Hall–Kier alpha value is -3.32. The molecule has 19 nitrogen and oxygen atoms in total. The molecule has 0 radical (unpaired) electrons. The van der Waals surface area contributed by atoms with Crippen molar-refractivity contribution in [1.82, 2.24) is 23.8 Å². The van der Waals surface area contributed by atoms with Gasteiger partial charge in [0.2, 0.25) is 13.1 Å². The van der Waals surface area contributed by atoms with Crippen LogP contribution >= 0.6 is 16.3 Å². The van der Waals surface area contributed by atoms with Crippen molar-refractivity contribution in [1.29, 1.82) is 0 Å². The first-order valence-corrected chi connectivity index (χ1v) is 22.2. The van der Waals surface area contributed by atoms with Crippen LogP contribution in [-0.2, 0) is 36.7 Å². The van der Waals surface area contributed by atoms with E-state index in [9.17, 15) is 19.2 Å². The first kappa shape index (κ1) is 47.4. The zero-order valence-corrected chi connectivity index (χ0v) is 36.5. The van der Waals surface area contributed by atoms with E-state index in [1.54, 1.807) is 13.8 Å². The lowest BCUT2D eigenvalue weighted by atomic mass is 9.87. The van der Waals surface area contributed by atoms with Gasteiger partial charge in [-0.1, -0.05) is 20.8 Å². The predicted molar refractivity (Wildman–Crippen MR) is 215 cm³/mol. The molecule has 2 aliphatic heterocycles. The average molecular weight is 854 g/mol. The molecule has 0 spiro atoms. The first-order chi connectivity index (χ1) is 27.5. The molecule has 0 aliphatic carbocycles. The summed E-state index contributed by atoms with van der Waals surface area (Å²) >= 11 is 0. The largest absolute Gasteiger partial charge is 0.476 e. The Morgan fingerprint density at radius 2 is 1.40 bits per heavy atom. The molecule has 8 atom stereocenters. The molecule has 58 heavy (non-hydrogen) atoms. The highest BCUT2D eigenvalue weighted by Gasteiger charge is 2.56. The normalized spacial score (nSPS) is 24.0. The van der Waals surface area contributed by atoms with E-state index < -0.39 is 81.3 Å². The molecule has 0 saturated carbocycles. The monoisotopic (exact) mass is 853 g/mol. The zero-order chi connectivity index (χ0) is 42.9. The van der Waals surface area contributed by atoms with E-state index in [-0.39, 0.29) is 69.6 Å². The van der Waals surface area contributed by atoms with Crippen molar-refractivity contribution < 1.29 is 36.7 Å². The van der Waals surface area contributed by atoms with Gasteiger partial charge in [-0.3, -0.25) is 42.3 Å². The van der Waals surface area contributed by atoms with Crippen molar-refractivity contribution in [2.45, 2.75) is 149 Å². The summed E-state index contributed by atoms with van der Waals surface area (Å²) in [6, 6.07) is -0.0782. The van der Waals surface area contributed by atoms with Crippen molar-refractivity contribution in [3.8, 4) is 0 Å². The van der Waals surface area contributed by atoms with Crippen LogP contribution in [0, 0.1) is 27.0 Å². The number of phosphoric acid groups is 1. The minimum absolute atomic E-state index is 0.0391. The number of hydrogen-bond acceptors (Lipinski definition) is 13. The maximum absolute atomic E-state index is 15.1. The van der Waals surface area contributed by atoms with Gasteiger partial charge in [0.25, 0.3) is 19.6 Å². The Kier molecular flexibility index (Phi) is 17.0. The maximum atomic E-state index is 15.1. The Morgan fingerprint density at radius 1 is 0.879 bits per heavy atom. The molecule has 2 unspecified atom stereocenters. The van der Waals surface area contributed by atoms with Crippen LogP contribution in [0.25, 0.3) is 9.69 Å². The molecule has 0 amide bonds. The summed E-state index contributed by atoms with van der Waals surface area (Å²) in [6.07, 6.45) is -1.64. The van der Waals surface area contributed by atoms with E-state index >= 15 is 4.57 Å². The van der Waals surface area contributed by atoms with Gasteiger partial charge in [-0.2, -0.15) is 0 Å². The minimum atomic E-state index is -4.64. The smallest absolute Gasteiger partial charge is 0.352 e. The fourth-order valence-corrected chi connectivity index (χ4v) is 10.8. The lowest BCUT2D eigenvalue weighted by molar-refractivity contribution is -0.141. The van der Waals surface area contributed by atoms with Crippen LogP contribution in [0.4, 0.5) is 0 Å². The molecule has 2 N–H and O–H groups in total. The number of aromatic amines is 2. The summed E-state index contributed by atoms with van der Waals surface area (Å²) in [5, 5.41) is 0. The van der Waals surface area contributed by atoms with Gasteiger partial charge >= 0.3 is 19.2 Å². The predicted octanol–water partition coefficient (Wildman–Crippen LogP) is 5.36. The minimum Gasteiger partial charge on any atom is -0.352 e. The van der Waals surface area contributed by atoms with Crippen molar-refractivity contribution in [2.75, 3.05) is 26.3 Å². The summed E-state index contributed by atoms with van der Waals surface area (Å²) in [5.41, 5.74) is -3.34. The third kappa shape index (κ3) is 11.1. The SMILES string of the molecule is [C-]#[N+]CCOP(O[C@@H]1C[C@H](n2cc(C)c(=O)[nH]c2=O)O[C@@H]1C(CC)(CC)OP(=O)(OCC[N+]#[C-])O[C@@H]1C[C@H](n2cc(C)c(=O)[nH]c2=O)O[C@@H]1CC)N(C(C)C)C(C)C. The van der Waals surface area contributed by atoms with Crippen molar-refractivity contribution >= 4 is 16.3 Å². The van der Waals surface area contributed by atoms with Gasteiger partial charge in [-0.05, 0) is 60.8 Å². The lowest BCUT2D eigenvalue weighted by Gasteiger charge is -2.42. The van der Waals surface area contributed by atoms with Gasteiger partial charge in [0, 0.05) is 48.4 Å². The summed E-state index contributed by atoms with van der Waals surface area (Å²) in [6.45, 7) is 31.0. The van der Waals surface area contributed by atoms with E-state index in [1.165, 1.54) is 21.5 Å². The number of rotatable bonds is 21. The Morgan fingerprint density at radius 3 is 1.90 bits per heavy atom. The quantitative estimate of drug-likeness (QED) is 0.0924. The van der Waals surface area contributed by atoms with Crippen LogP contribution in [0.5, 0.6) is 0 Å². The standard InChI is InChI=1S/C37H57N7O12P2/c1-12-27-28(19-30(52-27)42-21-25(8)33(45)40-35(42)47)55-58(49,51-18-16-39-11)56-37(13-2,14-3)32-29(20-31(53-32)43-22-26(9)34(46)41-36(43)48)54-57(50-17-15-38-10)44(23(4)5)24(6)7/h21-24,27-32H,12-20H2,1-9H3,(H,40,45,47)(H,41,46,48)/t27-,28-,29-,30-,31-,32+,57?,58?/m1/s1. The molecule has 0 aromatic carbocycles. The maximum Gasteiger partial charge on any atom is 0.476 e. The second-order valence-electron chi connectivity index (χ2n) is 14.8. The topological polar surface area (TPSA) is 203 Å². The van der Waals surface area contributed by atoms with Gasteiger partial charge in [0.1, 0.15) is 37.4 Å². The van der Waals surface area contributed by atoms with Crippen molar-refractivity contribution in [3.63, 3.8) is 0 Å². The van der Waals surface area contributed by atoms with Gasteiger partial charge in [-0.15, -0.1) is 0 Å². The molecule has 0 bridgehead atoms. The fourth-order valence-electron chi connectivity index (χ4n) is 7.22. The van der Waals surface area contributed by atoms with Crippen LogP contribution in [0.1, 0.15) is 104 Å². The van der Waals surface area contributed by atoms with E-state index in [0.29, 0.717) is 12.0 Å². The molecule has 2 saturated heterocycles.